The van der Waals surface area contributed by atoms with E-state index in [4.69, 9.17) is 0 Å². The zero-order valence-electron chi connectivity index (χ0n) is 10.9. The first-order chi connectivity index (χ1) is 7.67. The third-order valence-electron chi connectivity index (χ3n) is 2.93. The van der Waals surface area contributed by atoms with E-state index in [1.54, 1.807) is 0 Å². The van der Waals surface area contributed by atoms with Crippen molar-refractivity contribution >= 4 is 11.3 Å². The smallest absolute Gasteiger partial charge is 0.0327 e. The minimum absolute atomic E-state index is 0.680. The maximum atomic E-state index is 3.19. The summed E-state index contributed by atoms with van der Waals surface area (Å²) in [6, 6.07) is 5.17. The summed E-state index contributed by atoms with van der Waals surface area (Å²) in [4.78, 5) is 5.34. The highest BCUT2D eigenvalue weighted by molar-refractivity contribution is 7.11. The highest BCUT2D eigenvalue weighted by Gasteiger charge is 2.09. The molecule has 1 heterocycles. The summed E-state index contributed by atoms with van der Waals surface area (Å²) in [5.74, 6) is 0. The van der Waals surface area contributed by atoms with Gasteiger partial charge in [-0.25, -0.2) is 0 Å². The van der Waals surface area contributed by atoms with Crippen molar-refractivity contribution in [1.82, 2.24) is 10.2 Å². The van der Waals surface area contributed by atoms with E-state index in [0.29, 0.717) is 6.04 Å². The Kier molecular flexibility index (Phi) is 6.03. The van der Waals surface area contributed by atoms with Crippen molar-refractivity contribution in [2.75, 3.05) is 14.1 Å². The van der Waals surface area contributed by atoms with Crippen LogP contribution < -0.4 is 5.32 Å². The lowest BCUT2D eigenvalue weighted by Gasteiger charge is -2.23. The molecule has 1 aromatic rings. The Morgan fingerprint density at radius 1 is 1.38 bits per heavy atom. The van der Waals surface area contributed by atoms with Crippen LogP contribution in [0.1, 0.15) is 36.4 Å². The van der Waals surface area contributed by atoms with Gasteiger partial charge in [0.05, 0.1) is 0 Å². The Bertz CT molecular complexity index is 296. The lowest BCUT2D eigenvalue weighted by Crippen LogP contribution is -2.27. The highest BCUT2D eigenvalue weighted by Crippen LogP contribution is 2.19. The summed E-state index contributed by atoms with van der Waals surface area (Å²) in [7, 11) is 4.21. The molecule has 0 aliphatic carbocycles. The van der Waals surface area contributed by atoms with E-state index < -0.39 is 0 Å². The Labute approximate surface area is 104 Å². The summed E-state index contributed by atoms with van der Waals surface area (Å²) in [6.07, 6.45) is 2.55. The molecule has 2 nitrogen and oxygen atoms in total. The van der Waals surface area contributed by atoms with Crippen LogP contribution in [0.4, 0.5) is 0 Å². The molecule has 0 fully saturated rings. The van der Waals surface area contributed by atoms with Crippen molar-refractivity contribution in [2.24, 2.45) is 0 Å². The van der Waals surface area contributed by atoms with Gasteiger partial charge < -0.3 is 5.32 Å². The first-order valence-electron chi connectivity index (χ1n) is 6.09. The molecule has 16 heavy (non-hydrogen) atoms. The van der Waals surface area contributed by atoms with Crippen LogP contribution in [0, 0.1) is 0 Å². The summed E-state index contributed by atoms with van der Waals surface area (Å²) in [5, 5.41) is 3.19. The Balaban J connectivity index is 2.45. The third kappa shape index (κ3) is 4.24. The van der Waals surface area contributed by atoms with E-state index >= 15 is 0 Å². The molecule has 1 N–H and O–H groups in total. The molecule has 1 atom stereocenters. The van der Waals surface area contributed by atoms with E-state index in [9.17, 15) is 0 Å². The zero-order valence-corrected chi connectivity index (χ0v) is 11.7. The molecule has 92 valence electrons. The average molecular weight is 240 g/mol. The van der Waals surface area contributed by atoms with Crippen LogP contribution in [0.2, 0.25) is 0 Å². The Hall–Kier alpha value is -0.380. The molecular weight excluding hydrogens is 216 g/mol. The monoisotopic (exact) mass is 240 g/mol. The molecular formula is C13H24N2S. The minimum Gasteiger partial charge on any atom is -0.315 e. The predicted molar refractivity (Wildman–Crippen MR) is 72.9 cm³/mol. The van der Waals surface area contributed by atoms with Gasteiger partial charge in [-0.05, 0) is 39.6 Å². The lowest BCUT2D eigenvalue weighted by atomic mass is 10.2. The number of rotatable bonds is 7. The third-order valence-corrected chi connectivity index (χ3v) is 4.00. The van der Waals surface area contributed by atoms with Gasteiger partial charge in [0.1, 0.15) is 0 Å². The first-order valence-corrected chi connectivity index (χ1v) is 6.91. The number of nitrogens with one attached hydrogen (secondary N) is 1. The van der Waals surface area contributed by atoms with Crippen molar-refractivity contribution in [3.8, 4) is 0 Å². The van der Waals surface area contributed by atoms with E-state index in [1.807, 2.05) is 18.4 Å². The summed E-state index contributed by atoms with van der Waals surface area (Å²) in [6.45, 7) is 6.63. The highest BCUT2D eigenvalue weighted by atomic mass is 32.1. The van der Waals surface area contributed by atoms with Crippen LogP contribution in [0.25, 0.3) is 0 Å². The molecule has 1 unspecified atom stereocenters. The second-order valence-corrected chi connectivity index (χ2v) is 5.70. The molecule has 0 amide bonds. The van der Waals surface area contributed by atoms with Crippen LogP contribution >= 0.6 is 11.3 Å². The van der Waals surface area contributed by atoms with Gasteiger partial charge in [0.25, 0.3) is 0 Å². The van der Waals surface area contributed by atoms with Gasteiger partial charge >= 0.3 is 0 Å². The van der Waals surface area contributed by atoms with E-state index in [0.717, 1.165) is 13.1 Å². The number of hydrogen-bond donors (Lipinski definition) is 1. The van der Waals surface area contributed by atoms with Crippen molar-refractivity contribution in [2.45, 2.75) is 45.8 Å². The fourth-order valence-corrected chi connectivity index (χ4v) is 2.91. The fourth-order valence-electron chi connectivity index (χ4n) is 1.82. The zero-order chi connectivity index (χ0) is 12.0. The fraction of sp³-hybridized carbons (Fsp3) is 0.692. The maximum absolute atomic E-state index is 3.19. The van der Waals surface area contributed by atoms with Gasteiger partial charge in [0.2, 0.25) is 0 Å². The summed E-state index contributed by atoms with van der Waals surface area (Å²) < 4.78 is 0. The second kappa shape index (κ2) is 7.05. The first kappa shape index (κ1) is 13.7. The number of hydrogen-bond acceptors (Lipinski definition) is 3. The van der Waals surface area contributed by atoms with Crippen LogP contribution in [0.3, 0.4) is 0 Å². The van der Waals surface area contributed by atoms with Gasteiger partial charge in [0, 0.05) is 28.9 Å². The van der Waals surface area contributed by atoms with Crippen molar-refractivity contribution < 1.29 is 0 Å². The maximum Gasteiger partial charge on any atom is 0.0327 e. The van der Waals surface area contributed by atoms with Crippen LogP contribution in [0.15, 0.2) is 12.1 Å². The van der Waals surface area contributed by atoms with Gasteiger partial charge in [-0.1, -0.05) is 13.3 Å². The molecule has 0 spiro atoms. The van der Waals surface area contributed by atoms with Crippen LogP contribution in [-0.4, -0.2) is 25.0 Å². The van der Waals surface area contributed by atoms with Crippen LogP contribution in [0.5, 0.6) is 0 Å². The van der Waals surface area contributed by atoms with Crippen LogP contribution in [-0.2, 0) is 13.1 Å². The van der Waals surface area contributed by atoms with E-state index in [1.165, 1.54) is 22.6 Å². The normalized spacial score (nSPS) is 13.3. The molecule has 0 saturated carbocycles. The van der Waals surface area contributed by atoms with Gasteiger partial charge in [-0.2, -0.15) is 0 Å². The predicted octanol–water partition coefficient (Wildman–Crippen LogP) is 3.09. The summed E-state index contributed by atoms with van der Waals surface area (Å²) >= 11 is 1.92. The van der Waals surface area contributed by atoms with Crippen molar-refractivity contribution in [3.05, 3.63) is 21.9 Å². The Morgan fingerprint density at radius 3 is 2.69 bits per heavy atom. The average Bonchev–Trinajstić information content (AvgIpc) is 2.66. The molecule has 0 aromatic carbocycles. The molecule has 1 aromatic heterocycles. The van der Waals surface area contributed by atoms with Crippen molar-refractivity contribution in [1.29, 1.82) is 0 Å². The largest absolute Gasteiger partial charge is 0.315 e. The van der Waals surface area contributed by atoms with E-state index in [2.05, 4.69) is 43.2 Å². The molecule has 0 aliphatic rings. The molecule has 1 rings (SSSR count). The van der Waals surface area contributed by atoms with Gasteiger partial charge in [-0.3, -0.25) is 4.90 Å². The quantitative estimate of drug-likeness (QED) is 0.788. The molecule has 3 heteroatoms. The van der Waals surface area contributed by atoms with E-state index in [-0.39, 0.29) is 0 Å². The topological polar surface area (TPSA) is 15.3 Å². The SMILES string of the molecule is CCCC(C)N(C)Cc1ccc(CNC)s1. The molecule has 0 saturated heterocycles. The molecule has 0 radical (unpaired) electrons. The minimum atomic E-state index is 0.680. The summed E-state index contributed by atoms with van der Waals surface area (Å²) in [5.41, 5.74) is 0. The second-order valence-electron chi connectivity index (χ2n) is 4.45. The molecule has 0 bridgehead atoms. The number of nitrogens with zero attached hydrogens (tertiary/aromatic N) is 1. The standard InChI is InChI=1S/C13H24N2S/c1-5-6-11(2)15(4)10-13-8-7-12(16-13)9-14-3/h7-8,11,14H,5-6,9-10H2,1-4H3. The Morgan fingerprint density at radius 2 is 2.06 bits per heavy atom. The molecule has 0 aliphatic heterocycles. The lowest BCUT2D eigenvalue weighted by molar-refractivity contribution is 0.239. The van der Waals surface area contributed by atoms with Gasteiger partial charge in [0.15, 0.2) is 0 Å². The van der Waals surface area contributed by atoms with Gasteiger partial charge in [-0.15, -0.1) is 11.3 Å². The van der Waals surface area contributed by atoms with Crippen molar-refractivity contribution in [3.63, 3.8) is 0 Å². The number of thiophene rings is 1.